The summed E-state index contributed by atoms with van der Waals surface area (Å²) in [5, 5.41) is 6.28. The number of hydrogen-bond donors (Lipinski definition) is 2. The van der Waals surface area contributed by atoms with E-state index in [0.29, 0.717) is 30.4 Å². The highest BCUT2D eigenvalue weighted by Gasteiger charge is 2.24. The Morgan fingerprint density at radius 1 is 1.24 bits per heavy atom. The normalized spacial score (nSPS) is 17.0. The Bertz CT molecular complexity index is 745. The first-order chi connectivity index (χ1) is 12.0. The van der Waals surface area contributed by atoms with Crippen LogP contribution in [0.4, 0.5) is 5.69 Å². The van der Waals surface area contributed by atoms with Crippen molar-refractivity contribution in [3.63, 3.8) is 0 Å². The van der Waals surface area contributed by atoms with Crippen LogP contribution >= 0.6 is 0 Å². The molecule has 0 aromatic heterocycles. The van der Waals surface area contributed by atoms with Gasteiger partial charge in [0, 0.05) is 24.6 Å². The third kappa shape index (κ3) is 4.06. The quantitative estimate of drug-likeness (QED) is 0.771. The lowest BCUT2D eigenvalue weighted by molar-refractivity contribution is -0.146. The number of hydrazone groups is 1. The second-order valence-electron chi connectivity index (χ2n) is 5.49. The van der Waals surface area contributed by atoms with Gasteiger partial charge in [0.05, 0.1) is 0 Å². The Hall–Kier alpha value is -3.10. The van der Waals surface area contributed by atoms with Gasteiger partial charge in [0.1, 0.15) is 18.9 Å². The van der Waals surface area contributed by atoms with Gasteiger partial charge in [-0.25, -0.2) is 10.2 Å². The Balaban J connectivity index is 1.57. The van der Waals surface area contributed by atoms with E-state index in [2.05, 4.69) is 15.8 Å². The highest BCUT2D eigenvalue weighted by atomic mass is 16.6. The molecule has 0 saturated carbocycles. The van der Waals surface area contributed by atoms with Crippen LogP contribution in [0, 0.1) is 0 Å². The van der Waals surface area contributed by atoms with Crippen LogP contribution in [0.2, 0.25) is 0 Å². The number of hydrogen-bond acceptors (Lipinski definition) is 7. The minimum absolute atomic E-state index is 0.0820. The van der Waals surface area contributed by atoms with Crippen LogP contribution in [-0.4, -0.2) is 42.8 Å². The summed E-state index contributed by atoms with van der Waals surface area (Å²) in [5.74, 6) is -0.335. The number of esters is 1. The van der Waals surface area contributed by atoms with Gasteiger partial charge in [-0.3, -0.25) is 9.59 Å². The van der Waals surface area contributed by atoms with E-state index in [-0.39, 0.29) is 24.5 Å². The minimum Gasteiger partial charge on any atom is -0.486 e. The lowest BCUT2D eigenvalue weighted by Crippen LogP contribution is -2.35. The second-order valence-corrected chi connectivity index (χ2v) is 5.49. The molecule has 1 unspecified atom stereocenters. The van der Waals surface area contributed by atoms with Crippen LogP contribution in [0.25, 0.3) is 0 Å². The lowest BCUT2D eigenvalue weighted by Gasteiger charge is -2.19. The number of anilines is 1. The van der Waals surface area contributed by atoms with Crippen LogP contribution in [0.3, 0.4) is 0 Å². The number of benzene rings is 1. The summed E-state index contributed by atoms with van der Waals surface area (Å²) in [6, 6.07) is 5.00. The molecule has 0 bridgehead atoms. The van der Waals surface area contributed by atoms with Gasteiger partial charge in [0.15, 0.2) is 17.6 Å². The monoisotopic (exact) mass is 347 g/mol. The maximum Gasteiger partial charge on any atom is 0.355 e. The summed E-state index contributed by atoms with van der Waals surface area (Å²) < 4.78 is 15.9. The van der Waals surface area contributed by atoms with Crippen LogP contribution in [0.15, 0.2) is 23.3 Å². The van der Waals surface area contributed by atoms with Gasteiger partial charge in [0.25, 0.3) is 5.91 Å². The van der Waals surface area contributed by atoms with Gasteiger partial charge >= 0.3 is 5.97 Å². The molecule has 25 heavy (non-hydrogen) atoms. The molecule has 1 aromatic carbocycles. The molecule has 2 N–H and O–H groups in total. The zero-order chi connectivity index (χ0) is 17.8. The van der Waals surface area contributed by atoms with Gasteiger partial charge in [-0.2, -0.15) is 5.10 Å². The van der Waals surface area contributed by atoms with Gasteiger partial charge < -0.3 is 19.5 Å². The van der Waals surface area contributed by atoms with Crippen LogP contribution in [0.5, 0.6) is 11.5 Å². The zero-order valence-electron chi connectivity index (χ0n) is 13.5. The number of amides is 2. The molecule has 9 nitrogen and oxygen atoms in total. The second kappa shape index (κ2) is 7.20. The maximum atomic E-state index is 12.2. The highest BCUT2D eigenvalue weighted by molar-refractivity contribution is 6.37. The molecular weight excluding hydrogens is 330 g/mol. The van der Waals surface area contributed by atoms with Crippen LogP contribution in [0.1, 0.15) is 19.8 Å². The molecule has 0 radical (unpaired) electrons. The van der Waals surface area contributed by atoms with E-state index in [4.69, 9.17) is 14.2 Å². The molecule has 0 fully saturated rings. The van der Waals surface area contributed by atoms with E-state index in [1.807, 2.05) is 0 Å². The maximum absolute atomic E-state index is 12.2. The van der Waals surface area contributed by atoms with Crippen molar-refractivity contribution in [3.8, 4) is 11.5 Å². The van der Waals surface area contributed by atoms with Crippen molar-refractivity contribution in [3.05, 3.63) is 18.2 Å². The van der Waals surface area contributed by atoms with Gasteiger partial charge in [-0.05, 0) is 19.1 Å². The molecule has 9 heteroatoms. The molecule has 1 atom stereocenters. The number of ether oxygens (including phenoxy) is 3. The van der Waals surface area contributed by atoms with Crippen molar-refractivity contribution >= 4 is 29.2 Å². The van der Waals surface area contributed by atoms with Crippen LogP contribution < -0.4 is 20.2 Å². The Labute approximate surface area is 143 Å². The smallest absolute Gasteiger partial charge is 0.355 e. The molecule has 0 saturated heterocycles. The van der Waals surface area contributed by atoms with E-state index in [9.17, 15) is 14.4 Å². The zero-order valence-corrected chi connectivity index (χ0v) is 13.5. The van der Waals surface area contributed by atoms with Crippen molar-refractivity contribution in [2.24, 2.45) is 5.10 Å². The molecule has 0 aliphatic carbocycles. The first kappa shape index (κ1) is 16.7. The van der Waals surface area contributed by atoms with Gasteiger partial charge in [0.2, 0.25) is 5.91 Å². The van der Waals surface area contributed by atoms with Crippen molar-refractivity contribution < 1.29 is 28.6 Å². The van der Waals surface area contributed by atoms with E-state index in [1.165, 1.54) is 6.92 Å². The third-order valence-corrected chi connectivity index (χ3v) is 3.60. The van der Waals surface area contributed by atoms with E-state index < -0.39 is 18.0 Å². The summed E-state index contributed by atoms with van der Waals surface area (Å²) in [4.78, 5) is 35.1. The first-order valence-corrected chi connectivity index (χ1v) is 7.80. The molecule has 1 aromatic rings. The summed E-state index contributed by atoms with van der Waals surface area (Å²) in [5.41, 5.74) is 2.79. The largest absolute Gasteiger partial charge is 0.486 e. The number of rotatable bonds is 4. The summed E-state index contributed by atoms with van der Waals surface area (Å²) in [6.45, 7) is 2.38. The van der Waals surface area contributed by atoms with Crippen molar-refractivity contribution in [2.45, 2.75) is 25.9 Å². The molecule has 0 spiro atoms. The number of fused-ring (bicyclic) bond motifs is 1. The highest BCUT2D eigenvalue weighted by Crippen LogP contribution is 2.32. The summed E-state index contributed by atoms with van der Waals surface area (Å²) in [7, 11) is 0. The van der Waals surface area contributed by atoms with E-state index >= 15 is 0 Å². The Morgan fingerprint density at radius 2 is 2.00 bits per heavy atom. The van der Waals surface area contributed by atoms with Crippen molar-refractivity contribution in [2.75, 3.05) is 18.5 Å². The molecule has 2 aliphatic heterocycles. The summed E-state index contributed by atoms with van der Waals surface area (Å²) in [6.07, 6.45) is -0.687. The fourth-order valence-corrected chi connectivity index (χ4v) is 2.27. The average Bonchev–Trinajstić information content (AvgIpc) is 2.62. The molecule has 132 valence electrons. The molecule has 3 rings (SSSR count). The molecular formula is C16H17N3O6. The summed E-state index contributed by atoms with van der Waals surface area (Å²) >= 11 is 0. The predicted molar refractivity (Wildman–Crippen MR) is 86.4 cm³/mol. The SMILES string of the molecule is CC(OC(=O)C1=NNC(=O)CC1)C(=O)Nc1ccc2c(c1)OCCO2. The number of nitrogens with one attached hydrogen (secondary N) is 2. The van der Waals surface area contributed by atoms with E-state index in [0.717, 1.165) is 0 Å². The molecule has 2 heterocycles. The standard InChI is InChI=1S/C16H17N3O6/c1-9(25-16(22)11-3-5-14(20)19-18-11)15(21)17-10-2-4-12-13(8-10)24-7-6-23-12/h2,4,8-9H,3,5-7H2,1H3,(H,17,21)(H,19,20). The van der Waals surface area contributed by atoms with Crippen molar-refractivity contribution in [1.29, 1.82) is 0 Å². The van der Waals surface area contributed by atoms with Gasteiger partial charge in [-0.15, -0.1) is 0 Å². The average molecular weight is 347 g/mol. The van der Waals surface area contributed by atoms with Gasteiger partial charge in [-0.1, -0.05) is 0 Å². The number of carbonyl (C=O) groups is 3. The molecule has 2 amide bonds. The first-order valence-electron chi connectivity index (χ1n) is 7.80. The Kier molecular flexibility index (Phi) is 4.82. The fraction of sp³-hybridized carbons (Fsp3) is 0.375. The molecule has 2 aliphatic rings. The number of carbonyl (C=O) groups excluding carboxylic acids is 3. The predicted octanol–water partition coefficient (Wildman–Crippen LogP) is 0.594. The minimum atomic E-state index is -1.03. The number of nitrogens with zero attached hydrogens (tertiary/aromatic N) is 1. The van der Waals surface area contributed by atoms with Crippen molar-refractivity contribution in [1.82, 2.24) is 5.43 Å². The lowest BCUT2D eigenvalue weighted by atomic mass is 10.2. The fourth-order valence-electron chi connectivity index (χ4n) is 2.27. The topological polar surface area (TPSA) is 115 Å². The third-order valence-electron chi connectivity index (χ3n) is 3.60. The van der Waals surface area contributed by atoms with E-state index in [1.54, 1.807) is 18.2 Å². The Morgan fingerprint density at radius 3 is 2.72 bits per heavy atom. The van der Waals surface area contributed by atoms with Crippen LogP contribution in [-0.2, 0) is 19.1 Å².